The number of aryl methyl sites for hydroxylation is 1. The first-order chi connectivity index (χ1) is 14.0. The summed E-state index contributed by atoms with van der Waals surface area (Å²) in [6.45, 7) is 5.40. The summed E-state index contributed by atoms with van der Waals surface area (Å²) in [7, 11) is 0. The van der Waals surface area contributed by atoms with Crippen LogP contribution in [-0.4, -0.2) is 27.0 Å². The smallest absolute Gasteiger partial charge is 0.258 e. The molecule has 148 valence electrons. The highest BCUT2D eigenvalue weighted by molar-refractivity contribution is 5.75. The highest BCUT2D eigenvalue weighted by atomic mass is 16.5. The van der Waals surface area contributed by atoms with Crippen LogP contribution < -0.4 is 4.74 Å². The summed E-state index contributed by atoms with van der Waals surface area (Å²) in [4.78, 5) is 19.9. The summed E-state index contributed by atoms with van der Waals surface area (Å²) >= 11 is 0. The Hall–Kier alpha value is -3.53. The minimum atomic E-state index is -0.0284. The van der Waals surface area contributed by atoms with Crippen LogP contribution in [0.15, 0.2) is 41.1 Å². The Balaban J connectivity index is 1.81. The van der Waals surface area contributed by atoms with Crippen LogP contribution in [0.4, 0.5) is 0 Å². The van der Waals surface area contributed by atoms with Gasteiger partial charge in [-0.3, -0.25) is 4.98 Å². The highest BCUT2D eigenvalue weighted by Gasteiger charge is 2.14. The van der Waals surface area contributed by atoms with Crippen LogP contribution in [0.2, 0.25) is 0 Å². The maximum absolute atomic E-state index is 11.1. The summed E-state index contributed by atoms with van der Waals surface area (Å²) in [5, 5.41) is 13.5. The van der Waals surface area contributed by atoms with Gasteiger partial charge in [-0.05, 0) is 63.9 Å². The molecular formula is C22H22N4O3. The van der Waals surface area contributed by atoms with Gasteiger partial charge in [0.15, 0.2) is 0 Å². The largest absolute Gasteiger partial charge is 0.490 e. The van der Waals surface area contributed by atoms with Crippen molar-refractivity contribution in [2.75, 3.05) is 0 Å². The third-order valence-corrected chi connectivity index (χ3v) is 4.17. The van der Waals surface area contributed by atoms with E-state index in [0.717, 1.165) is 17.7 Å². The Bertz CT molecular complexity index is 1050. The van der Waals surface area contributed by atoms with Gasteiger partial charge in [0.05, 0.1) is 11.7 Å². The Morgan fingerprint density at radius 1 is 1.24 bits per heavy atom. The van der Waals surface area contributed by atoms with Gasteiger partial charge < -0.3 is 14.1 Å². The number of pyridine rings is 1. The second-order valence-corrected chi connectivity index (χ2v) is 7.00. The topological polar surface area (TPSA) is 102 Å². The zero-order valence-corrected chi connectivity index (χ0v) is 16.7. The first-order valence-electron chi connectivity index (χ1n) is 9.46. The standard InChI is InChI=1S/C22H22N4O3/c1-14(2)28-20-8-7-17(11-18(20)13-23)22-25-21(26-29-22)16-9-10-24-19(12-16)6-4-5-15(3)27/h7-12,14H,4-6H2,1-3H3. The van der Waals surface area contributed by atoms with Crippen molar-refractivity contribution in [3.05, 3.63) is 47.8 Å². The number of carbonyl (C=O) groups excluding carboxylic acids is 1. The molecule has 2 heterocycles. The summed E-state index contributed by atoms with van der Waals surface area (Å²) in [5.41, 5.74) is 2.71. The van der Waals surface area contributed by atoms with Crippen molar-refractivity contribution >= 4 is 5.78 Å². The van der Waals surface area contributed by atoms with Crippen LogP contribution in [-0.2, 0) is 11.2 Å². The Labute approximate surface area is 169 Å². The highest BCUT2D eigenvalue weighted by Crippen LogP contribution is 2.28. The molecule has 0 radical (unpaired) electrons. The molecule has 0 aliphatic heterocycles. The average molecular weight is 390 g/mol. The zero-order chi connectivity index (χ0) is 20.8. The maximum atomic E-state index is 11.1. The second kappa shape index (κ2) is 9.11. The molecular weight excluding hydrogens is 368 g/mol. The van der Waals surface area contributed by atoms with Gasteiger partial charge in [-0.25, -0.2) is 0 Å². The third kappa shape index (κ3) is 5.26. The number of nitrogens with zero attached hydrogens (tertiary/aromatic N) is 4. The number of hydrogen-bond acceptors (Lipinski definition) is 7. The van der Waals surface area contributed by atoms with Gasteiger partial charge in [0, 0.05) is 29.4 Å². The first-order valence-corrected chi connectivity index (χ1v) is 9.46. The van der Waals surface area contributed by atoms with Crippen LogP contribution in [0, 0.1) is 11.3 Å². The van der Waals surface area contributed by atoms with Crippen molar-refractivity contribution in [1.29, 1.82) is 5.26 Å². The van der Waals surface area contributed by atoms with Gasteiger partial charge in [-0.2, -0.15) is 10.2 Å². The van der Waals surface area contributed by atoms with Crippen molar-refractivity contribution < 1.29 is 14.1 Å². The maximum Gasteiger partial charge on any atom is 0.258 e. The first kappa shape index (κ1) is 20.2. The van der Waals surface area contributed by atoms with Crippen molar-refractivity contribution in [3.63, 3.8) is 0 Å². The van der Waals surface area contributed by atoms with E-state index in [9.17, 15) is 10.1 Å². The predicted molar refractivity (Wildman–Crippen MR) is 107 cm³/mol. The molecule has 0 aliphatic rings. The van der Waals surface area contributed by atoms with Crippen LogP contribution >= 0.6 is 0 Å². The van der Waals surface area contributed by atoms with Crippen molar-refractivity contribution in [3.8, 4) is 34.7 Å². The number of hydrogen-bond donors (Lipinski definition) is 0. The zero-order valence-electron chi connectivity index (χ0n) is 16.7. The van der Waals surface area contributed by atoms with Crippen LogP contribution in [0.3, 0.4) is 0 Å². The summed E-state index contributed by atoms with van der Waals surface area (Å²) in [6, 6.07) is 11.0. The van der Waals surface area contributed by atoms with Crippen molar-refractivity contribution in [2.24, 2.45) is 0 Å². The normalized spacial score (nSPS) is 10.7. The molecule has 7 nitrogen and oxygen atoms in total. The third-order valence-electron chi connectivity index (χ3n) is 4.17. The van der Waals surface area contributed by atoms with Crippen molar-refractivity contribution in [1.82, 2.24) is 15.1 Å². The van der Waals surface area contributed by atoms with Gasteiger partial charge >= 0.3 is 0 Å². The average Bonchev–Trinajstić information content (AvgIpc) is 3.18. The monoisotopic (exact) mass is 390 g/mol. The Morgan fingerprint density at radius 2 is 2.07 bits per heavy atom. The van der Waals surface area contributed by atoms with Gasteiger partial charge in [0.1, 0.15) is 17.6 Å². The molecule has 0 bridgehead atoms. The summed E-state index contributed by atoms with van der Waals surface area (Å²) in [5.74, 6) is 1.46. The lowest BCUT2D eigenvalue weighted by atomic mass is 10.1. The number of benzene rings is 1. The Morgan fingerprint density at radius 3 is 2.79 bits per heavy atom. The molecule has 0 unspecified atom stereocenters. The summed E-state index contributed by atoms with van der Waals surface area (Å²) < 4.78 is 11.0. The van der Waals surface area contributed by atoms with Gasteiger partial charge in [0.2, 0.25) is 5.82 Å². The van der Waals surface area contributed by atoms with Gasteiger partial charge in [-0.1, -0.05) is 5.16 Å². The van der Waals surface area contributed by atoms with E-state index in [1.807, 2.05) is 26.0 Å². The number of nitriles is 1. The lowest BCUT2D eigenvalue weighted by Gasteiger charge is -2.11. The van der Waals surface area contributed by atoms with E-state index in [1.54, 1.807) is 31.3 Å². The molecule has 29 heavy (non-hydrogen) atoms. The van der Waals surface area contributed by atoms with Crippen LogP contribution in [0.5, 0.6) is 5.75 Å². The number of ether oxygens (including phenoxy) is 1. The number of aromatic nitrogens is 3. The molecule has 7 heteroatoms. The minimum Gasteiger partial charge on any atom is -0.490 e. The fraction of sp³-hybridized carbons (Fsp3) is 0.318. The SMILES string of the molecule is CC(=O)CCCc1cc(-c2noc(-c3ccc(OC(C)C)c(C#N)c3)n2)ccn1. The molecule has 1 aromatic carbocycles. The quantitative estimate of drug-likeness (QED) is 0.563. The second-order valence-electron chi connectivity index (χ2n) is 7.00. The Kier molecular flexibility index (Phi) is 6.35. The predicted octanol–water partition coefficient (Wildman–Crippen LogP) is 4.37. The van der Waals surface area contributed by atoms with E-state index in [0.29, 0.717) is 41.4 Å². The van der Waals surface area contributed by atoms with Gasteiger partial charge in [0.25, 0.3) is 5.89 Å². The molecule has 0 amide bonds. The fourth-order valence-corrected chi connectivity index (χ4v) is 2.84. The summed E-state index contributed by atoms with van der Waals surface area (Å²) in [6.07, 6.45) is 3.67. The fourth-order valence-electron chi connectivity index (χ4n) is 2.84. The van der Waals surface area contributed by atoms with Crippen molar-refractivity contribution in [2.45, 2.75) is 46.1 Å². The van der Waals surface area contributed by atoms with E-state index in [2.05, 4.69) is 21.2 Å². The molecule has 3 aromatic rings. The molecule has 0 saturated carbocycles. The number of carbonyl (C=O) groups is 1. The minimum absolute atomic E-state index is 0.0284. The number of ketones is 1. The van der Waals surface area contributed by atoms with E-state index >= 15 is 0 Å². The molecule has 0 atom stereocenters. The van der Waals surface area contributed by atoms with Gasteiger partial charge in [-0.15, -0.1) is 0 Å². The molecule has 2 aromatic heterocycles. The van der Waals surface area contributed by atoms with Crippen LogP contribution in [0.25, 0.3) is 22.8 Å². The van der Waals surface area contributed by atoms with E-state index in [-0.39, 0.29) is 11.9 Å². The van der Waals surface area contributed by atoms with E-state index in [1.165, 1.54) is 0 Å². The molecule has 0 N–H and O–H groups in total. The number of rotatable bonds is 8. The van der Waals surface area contributed by atoms with E-state index < -0.39 is 0 Å². The molecule has 0 spiro atoms. The molecule has 0 fully saturated rings. The molecule has 0 aliphatic carbocycles. The lowest BCUT2D eigenvalue weighted by Crippen LogP contribution is -2.06. The molecule has 0 saturated heterocycles. The number of Topliss-reactive ketones (excluding diaryl/α,β-unsaturated/α-hetero) is 1. The molecule has 3 rings (SSSR count). The lowest BCUT2D eigenvalue weighted by molar-refractivity contribution is -0.117. The van der Waals surface area contributed by atoms with E-state index in [4.69, 9.17) is 9.26 Å². The van der Waals surface area contributed by atoms with Crippen LogP contribution in [0.1, 0.15) is 44.9 Å².